The SMILES string of the molecule is CSNCc1cccc(CNc2nc(Nc3cnn(CC(=O)N4CCCC4C#N)c3)ncc2Cl)c1. The molecule has 182 valence electrons. The predicted molar refractivity (Wildman–Crippen MR) is 137 cm³/mol. The largest absolute Gasteiger partial charge is 0.365 e. The van der Waals surface area contributed by atoms with Crippen molar-refractivity contribution in [3.05, 3.63) is 59.0 Å². The Hall–Kier alpha value is -3.33. The summed E-state index contributed by atoms with van der Waals surface area (Å²) in [4.78, 5) is 22.9. The fraction of sp³-hybridized carbons (Fsp3) is 0.348. The number of aromatic nitrogens is 4. The summed E-state index contributed by atoms with van der Waals surface area (Å²) in [5.74, 6) is 0.743. The molecule has 0 radical (unpaired) electrons. The molecule has 0 bridgehead atoms. The summed E-state index contributed by atoms with van der Waals surface area (Å²) in [6.07, 6.45) is 8.40. The number of benzene rings is 1. The summed E-state index contributed by atoms with van der Waals surface area (Å²) in [6.45, 7) is 2.02. The molecule has 3 N–H and O–H groups in total. The molecule has 3 heterocycles. The molecule has 2 aromatic heterocycles. The highest BCUT2D eigenvalue weighted by molar-refractivity contribution is 7.96. The number of carbonyl (C=O) groups excluding carboxylic acids is 1. The molecule has 1 aliphatic rings. The van der Waals surface area contributed by atoms with Crippen LogP contribution in [0.15, 0.2) is 42.9 Å². The third kappa shape index (κ3) is 6.63. The molecule has 1 fully saturated rings. The van der Waals surface area contributed by atoms with Crippen molar-refractivity contribution < 1.29 is 4.79 Å². The highest BCUT2D eigenvalue weighted by atomic mass is 35.5. The molecule has 1 aliphatic heterocycles. The van der Waals surface area contributed by atoms with Crippen LogP contribution < -0.4 is 15.4 Å². The Morgan fingerprint density at radius 3 is 2.94 bits per heavy atom. The van der Waals surface area contributed by atoms with Crippen LogP contribution in [0.3, 0.4) is 0 Å². The van der Waals surface area contributed by atoms with E-state index in [2.05, 4.69) is 48.6 Å². The van der Waals surface area contributed by atoms with Gasteiger partial charge in [0.1, 0.15) is 17.6 Å². The van der Waals surface area contributed by atoms with Gasteiger partial charge in [-0.1, -0.05) is 47.8 Å². The summed E-state index contributed by atoms with van der Waals surface area (Å²) < 4.78 is 4.77. The van der Waals surface area contributed by atoms with E-state index in [4.69, 9.17) is 11.6 Å². The molecular formula is C23H26ClN9OS. The van der Waals surface area contributed by atoms with Crippen molar-refractivity contribution >= 4 is 46.9 Å². The summed E-state index contributed by atoms with van der Waals surface area (Å²) in [6, 6.07) is 10.1. The van der Waals surface area contributed by atoms with Gasteiger partial charge in [-0.3, -0.25) is 14.2 Å². The fourth-order valence-corrected chi connectivity index (χ4v) is 4.28. The molecule has 1 aromatic carbocycles. The van der Waals surface area contributed by atoms with Crippen LogP contribution in [0.2, 0.25) is 5.02 Å². The number of carbonyl (C=O) groups is 1. The maximum absolute atomic E-state index is 12.5. The number of rotatable bonds is 10. The van der Waals surface area contributed by atoms with Gasteiger partial charge in [-0.15, -0.1) is 0 Å². The summed E-state index contributed by atoms with van der Waals surface area (Å²) in [5.41, 5.74) is 2.94. The minimum absolute atomic E-state index is 0.0691. The zero-order valence-electron chi connectivity index (χ0n) is 19.2. The number of nitrogens with zero attached hydrogens (tertiary/aromatic N) is 6. The first-order valence-corrected chi connectivity index (χ1v) is 12.7. The fourth-order valence-electron chi connectivity index (χ4n) is 3.81. The maximum atomic E-state index is 12.5. The van der Waals surface area contributed by atoms with Crippen LogP contribution in [0, 0.1) is 11.3 Å². The minimum Gasteiger partial charge on any atom is -0.365 e. The molecule has 35 heavy (non-hydrogen) atoms. The smallest absolute Gasteiger partial charge is 0.245 e. The second kappa shape index (κ2) is 11.9. The van der Waals surface area contributed by atoms with Crippen LogP contribution in [-0.2, 0) is 24.4 Å². The van der Waals surface area contributed by atoms with E-state index in [1.165, 1.54) is 16.4 Å². The first-order chi connectivity index (χ1) is 17.1. The van der Waals surface area contributed by atoms with E-state index in [1.54, 1.807) is 29.2 Å². The first kappa shape index (κ1) is 24.8. The zero-order valence-corrected chi connectivity index (χ0v) is 20.8. The lowest BCUT2D eigenvalue weighted by atomic mass is 10.1. The van der Waals surface area contributed by atoms with Gasteiger partial charge in [-0.05, 0) is 30.2 Å². The van der Waals surface area contributed by atoms with Crippen LogP contribution in [0.5, 0.6) is 0 Å². The molecule has 0 aliphatic carbocycles. The number of likely N-dealkylation sites (tertiary alicyclic amines) is 1. The van der Waals surface area contributed by atoms with E-state index in [0.717, 1.165) is 24.9 Å². The van der Waals surface area contributed by atoms with E-state index in [0.29, 0.717) is 35.6 Å². The summed E-state index contributed by atoms with van der Waals surface area (Å²) in [5, 5.41) is 20.2. The zero-order chi connectivity index (χ0) is 24.6. The molecule has 1 unspecified atom stereocenters. The highest BCUT2D eigenvalue weighted by Gasteiger charge is 2.28. The minimum atomic E-state index is -0.349. The van der Waals surface area contributed by atoms with Crippen LogP contribution in [0.4, 0.5) is 17.5 Å². The Bertz CT molecular complexity index is 1210. The molecule has 10 nitrogen and oxygen atoms in total. The van der Waals surface area contributed by atoms with Crippen molar-refractivity contribution in [3.8, 4) is 6.07 Å². The van der Waals surface area contributed by atoms with Crippen molar-refractivity contribution in [1.29, 1.82) is 5.26 Å². The lowest BCUT2D eigenvalue weighted by Crippen LogP contribution is -2.37. The van der Waals surface area contributed by atoms with Gasteiger partial charge < -0.3 is 15.5 Å². The molecule has 0 spiro atoms. The van der Waals surface area contributed by atoms with Crippen molar-refractivity contribution in [2.45, 2.75) is 38.5 Å². The van der Waals surface area contributed by atoms with Crippen LogP contribution in [-0.4, -0.2) is 49.4 Å². The topological polar surface area (TPSA) is 124 Å². The van der Waals surface area contributed by atoms with E-state index in [-0.39, 0.29) is 18.5 Å². The third-order valence-electron chi connectivity index (χ3n) is 5.52. The molecule has 1 saturated heterocycles. The molecule has 12 heteroatoms. The van der Waals surface area contributed by atoms with E-state index in [9.17, 15) is 10.1 Å². The number of nitriles is 1. The average Bonchev–Trinajstić information content (AvgIpc) is 3.52. The van der Waals surface area contributed by atoms with Gasteiger partial charge in [0, 0.05) is 25.8 Å². The van der Waals surface area contributed by atoms with Crippen molar-refractivity contribution in [1.82, 2.24) is 29.4 Å². The number of amides is 1. The Kier molecular flexibility index (Phi) is 8.41. The van der Waals surface area contributed by atoms with Gasteiger partial charge in [-0.2, -0.15) is 15.3 Å². The maximum Gasteiger partial charge on any atom is 0.245 e. The van der Waals surface area contributed by atoms with E-state index < -0.39 is 0 Å². The van der Waals surface area contributed by atoms with Gasteiger partial charge in [-0.25, -0.2) is 4.98 Å². The highest BCUT2D eigenvalue weighted by Crippen LogP contribution is 2.22. The van der Waals surface area contributed by atoms with Crippen LogP contribution >= 0.6 is 23.5 Å². The van der Waals surface area contributed by atoms with Crippen molar-refractivity contribution in [2.24, 2.45) is 0 Å². The van der Waals surface area contributed by atoms with Gasteiger partial charge in [0.05, 0.1) is 24.2 Å². The molecule has 1 amide bonds. The van der Waals surface area contributed by atoms with Gasteiger partial charge in [0.2, 0.25) is 11.9 Å². The number of anilines is 3. The van der Waals surface area contributed by atoms with E-state index >= 15 is 0 Å². The molecular weight excluding hydrogens is 486 g/mol. The number of nitrogens with one attached hydrogen (secondary N) is 3. The normalized spacial score (nSPS) is 15.1. The van der Waals surface area contributed by atoms with Crippen molar-refractivity contribution in [2.75, 3.05) is 23.4 Å². The molecule has 4 rings (SSSR count). The Morgan fingerprint density at radius 1 is 1.31 bits per heavy atom. The molecule has 3 aromatic rings. The van der Waals surface area contributed by atoms with Crippen molar-refractivity contribution in [3.63, 3.8) is 0 Å². The van der Waals surface area contributed by atoms with Gasteiger partial charge in [0.25, 0.3) is 0 Å². The average molecular weight is 512 g/mol. The van der Waals surface area contributed by atoms with E-state index in [1.807, 2.05) is 18.4 Å². The van der Waals surface area contributed by atoms with Gasteiger partial charge >= 0.3 is 0 Å². The Balaban J connectivity index is 1.36. The molecule has 0 saturated carbocycles. The molecule has 1 atom stereocenters. The van der Waals surface area contributed by atoms with Crippen LogP contribution in [0.1, 0.15) is 24.0 Å². The second-order valence-corrected chi connectivity index (χ2v) is 9.12. The Labute approximate surface area is 213 Å². The summed E-state index contributed by atoms with van der Waals surface area (Å²) in [7, 11) is 0. The standard InChI is InChI=1S/C23H26ClN9OS/c1-35-29-11-17-5-2-4-16(8-17)10-26-22-20(24)13-27-23(31-22)30-18-12-28-32(14-18)15-21(34)33-7-3-6-19(33)9-25/h2,4-5,8,12-14,19,29H,3,6-7,10-11,15H2,1H3,(H2,26,27,30,31). The number of hydrogen-bond donors (Lipinski definition) is 3. The monoisotopic (exact) mass is 511 g/mol. The quantitative estimate of drug-likeness (QED) is 0.350. The summed E-state index contributed by atoms with van der Waals surface area (Å²) >= 11 is 7.89. The lowest BCUT2D eigenvalue weighted by molar-refractivity contribution is -0.132. The first-order valence-electron chi connectivity index (χ1n) is 11.1. The second-order valence-electron chi connectivity index (χ2n) is 8.01. The van der Waals surface area contributed by atoms with Crippen LogP contribution in [0.25, 0.3) is 0 Å². The predicted octanol–water partition coefficient (Wildman–Crippen LogP) is 3.56. The third-order valence-corrected chi connectivity index (χ3v) is 6.23. The lowest BCUT2D eigenvalue weighted by Gasteiger charge is -2.19. The Morgan fingerprint density at radius 2 is 2.14 bits per heavy atom. The number of hydrogen-bond acceptors (Lipinski definition) is 9. The van der Waals surface area contributed by atoms with Gasteiger partial charge in [0.15, 0.2) is 5.82 Å². The number of halogens is 1.